The Bertz CT molecular complexity index is 243. The third-order valence-electron chi connectivity index (χ3n) is 1.41. The molecule has 0 atom stereocenters. The summed E-state index contributed by atoms with van der Waals surface area (Å²) in [5.74, 6) is 0. The van der Waals surface area contributed by atoms with E-state index in [4.69, 9.17) is 0 Å². The van der Waals surface area contributed by atoms with Gasteiger partial charge in [0.05, 0.1) is 6.54 Å². The van der Waals surface area contributed by atoms with E-state index < -0.39 is 0 Å². The highest BCUT2D eigenvalue weighted by Gasteiger charge is 2.04. The first-order chi connectivity index (χ1) is 4.97. The second kappa shape index (κ2) is 2.42. The largest absolute Gasteiger partial charge is 0.177 e. The van der Waals surface area contributed by atoms with Gasteiger partial charge in [-0.1, -0.05) is 18.2 Å². The Balaban J connectivity index is 2.47. The standard InChI is InChI=1S/C7H6N2S/c1-2-4-7-6(3-1)5-8-9-10-7/h1-4H,5H2. The van der Waals surface area contributed by atoms with Gasteiger partial charge >= 0.3 is 0 Å². The van der Waals surface area contributed by atoms with Crippen LogP contribution in [0.3, 0.4) is 0 Å². The Labute approximate surface area is 63.5 Å². The smallest absolute Gasteiger partial charge is 0.0871 e. The van der Waals surface area contributed by atoms with E-state index in [9.17, 15) is 0 Å². The summed E-state index contributed by atoms with van der Waals surface area (Å²) >= 11 is 1.45. The van der Waals surface area contributed by atoms with E-state index in [1.165, 1.54) is 22.4 Å². The van der Waals surface area contributed by atoms with Crippen LogP contribution in [0.15, 0.2) is 38.8 Å². The monoisotopic (exact) mass is 150 g/mol. The summed E-state index contributed by atoms with van der Waals surface area (Å²) in [6.07, 6.45) is 0. The van der Waals surface area contributed by atoms with Gasteiger partial charge in [0.1, 0.15) is 0 Å². The van der Waals surface area contributed by atoms with Crippen LogP contribution in [0.2, 0.25) is 0 Å². The molecule has 0 N–H and O–H groups in total. The minimum atomic E-state index is 0.739. The first-order valence-corrected chi connectivity index (χ1v) is 3.86. The fraction of sp³-hybridized carbons (Fsp3) is 0.143. The molecule has 0 aliphatic carbocycles. The van der Waals surface area contributed by atoms with Crippen molar-refractivity contribution in [3.05, 3.63) is 29.8 Å². The lowest BCUT2D eigenvalue weighted by atomic mass is 10.2. The van der Waals surface area contributed by atoms with Gasteiger partial charge in [-0.05, 0) is 11.6 Å². The van der Waals surface area contributed by atoms with Crippen molar-refractivity contribution >= 4 is 11.9 Å². The Morgan fingerprint density at radius 2 is 2.20 bits per heavy atom. The quantitative estimate of drug-likeness (QED) is 0.522. The van der Waals surface area contributed by atoms with Gasteiger partial charge < -0.3 is 0 Å². The second-order valence-electron chi connectivity index (χ2n) is 2.08. The van der Waals surface area contributed by atoms with Crippen molar-refractivity contribution in [2.24, 2.45) is 9.63 Å². The molecule has 0 aromatic heterocycles. The van der Waals surface area contributed by atoms with Crippen LogP contribution in [0.1, 0.15) is 5.56 Å². The van der Waals surface area contributed by atoms with Gasteiger partial charge in [-0.3, -0.25) is 0 Å². The van der Waals surface area contributed by atoms with Crippen molar-refractivity contribution in [1.82, 2.24) is 0 Å². The van der Waals surface area contributed by atoms with E-state index in [1.807, 2.05) is 12.1 Å². The number of nitrogens with zero attached hydrogens (tertiary/aromatic N) is 2. The lowest BCUT2D eigenvalue weighted by Gasteiger charge is -2.05. The summed E-state index contributed by atoms with van der Waals surface area (Å²) in [7, 11) is 0. The first kappa shape index (κ1) is 5.92. The van der Waals surface area contributed by atoms with Crippen molar-refractivity contribution in [3.63, 3.8) is 0 Å². The maximum absolute atomic E-state index is 3.91. The van der Waals surface area contributed by atoms with Gasteiger partial charge in [0.15, 0.2) is 0 Å². The maximum atomic E-state index is 3.91. The van der Waals surface area contributed by atoms with Crippen LogP contribution in [0, 0.1) is 0 Å². The molecular weight excluding hydrogens is 144 g/mol. The predicted molar refractivity (Wildman–Crippen MR) is 40.9 cm³/mol. The third-order valence-corrected chi connectivity index (χ3v) is 2.20. The van der Waals surface area contributed by atoms with E-state index in [0.717, 1.165) is 6.54 Å². The molecule has 1 heterocycles. The molecule has 1 aliphatic rings. The Morgan fingerprint density at radius 3 is 3.10 bits per heavy atom. The van der Waals surface area contributed by atoms with E-state index >= 15 is 0 Å². The minimum absolute atomic E-state index is 0.739. The molecule has 0 unspecified atom stereocenters. The molecule has 1 aromatic carbocycles. The van der Waals surface area contributed by atoms with Crippen LogP contribution >= 0.6 is 11.9 Å². The molecular formula is C7H6N2S. The summed E-state index contributed by atoms with van der Waals surface area (Å²) in [4.78, 5) is 1.23. The minimum Gasteiger partial charge on any atom is -0.177 e. The van der Waals surface area contributed by atoms with Crippen molar-refractivity contribution in [2.75, 3.05) is 0 Å². The lowest BCUT2D eigenvalue weighted by molar-refractivity contribution is 0.940. The number of hydrogen-bond acceptors (Lipinski definition) is 3. The fourth-order valence-electron chi connectivity index (χ4n) is 0.901. The molecule has 0 saturated carbocycles. The maximum Gasteiger partial charge on any atom is 0.0871 e. The SMILES string of the molecule is c1ccc2c(c1)CN=NS2. The summed E-state index contributed by atoms with van der Waals surface area (Å²) in [6.45, 7) is 0.739. The Kier molecular flexibility index (Phi) is 1.43. The van der Waals surface area contributed by atoms with Crippen LogP contribution in [-0.4, -0.2) is 0 Å². The van der Waals surface area contributed by atoms with Crippen molar-refractivity contribution < 1.29 is 0 Å². The second-order valence-corrected chi connectivity index (χ2v) is 2.87. The number of benzene rings is 1. The summed E-state index contributed by atoms with van der Waals surface area (Å²) in [6, 6.07) is 8.20. The Morgan fingerprint density at radius 1 is 1.30 bits per heavy atom. The zero-order valence-corrected chi connectivity index (χ0v) is 6.14. The van der Waals surface area contributed by atoms with Gasteiger partial charge in [0.25, 0.3) is 0 Å². The van der Waals surface area contributed by atoms with Gasteiger partial charge in [-0.15, -0.1) is 4.52 Å². The van der Waals surface area contributed by atoms with Gasteiger partial charge in [-0.25, -0.2) is 0 Å². The molecule has 50 valence electrons. The van der Waals surface area contributed by atoms with Crippen molar-refractivity contribution in [1.29, 1.82) is 0 Å². The first-order valence-electron chi connectivity index (χ1n) is 3.08. The van der Waals surface area contributed by atoms with E-state index in [0.29, 0.717) is 0 Å². The molecule has 2 nitrogen and oxygen atoms in total. The van der Waals surface area contributed by atoms with Crippen LogP contribution in [0.4, 0.5) is 0 Å². The van der Waals surface area contributed by atoms with Gasteiger partial charge in [0.2, 0.25) is 0 Å². The van der Waals surface area contributed by atoms with E-state index in [2.05, 4.69) is 21.8 Å². The number of fused-ring (bicyclic) bond motifs is 1. The van der Waals surface area contributed by atoms with Crippen LogP contribution < -0.4 is 0 Å². The number of rotatable bonds is 0. The zero-order valence-electron chi connectivity index (χ0n) is 5.32. The highest BCUT2D eigenvalue weighted by molar-refractivity contribution is 7.98. The molecule has 2 rings (SSSR count). The third kappa shape index (κ3) is 0.926. The van der Waals surface area contributed by atoms with Gasteiger partial charge in [-0.2, -0.15) is 5.11 Å². The molecule has 10 heavy (non-hydrogen) atoms. The van der Waals surface area contributed by atoms with Crippen molar-refractivity contribution in [2.45, 2.75) is 11.4 Å². The van der Waals surface area contributed by atoms with Crippen LogP contribution in [-0.2, 0) is 6.54 Å². The molecule has 0 fully saturated rings. The molecule has 3 heteroatoms. The number of hydrogen-bond donors (Lipinski definition) is 0. The molecule has 1 aliphatic heterocycles. The normalized spacial score (nSPS) is 14.8. The molecule has 0 radical (unpaired) electrons. The van der Waals surface area contributed by atoms with E-state index in [1.54, 1.807) is 0 Å². The summed E-state index contributed by atoms with van der Waals surface area (Å²) in [5.41, 5.74) is 1.28. The summed E-state index contributed by atoms with van der Waals surface area (Å²) < 4.78 is 3.86. The van der Waals surface area contributed by atoms with Crippen LogP contribution in [0.5, 0.6) is 0 Å². The average Bonchev–Trinajstić information content (AvgIpc) is 2.05. The molecule has 0 spiro atoms. The Hall–Kier alpha value is -0.830. The highest BCUT2D eigenvalue weighted by Crippen LogP contribution is 2.28. The highest BCUT2D eigenvalue weighted by atomic mass is 32.2. The predicted octanol–water partition coefficient (Wildman–Crippen LogP) is 2.66. The topological polar surface area (TPSA) is 24.7 Å². The molecule has 0 bridgehead atoms. The van der Waals surface area contributed by atoms with Crippen LogP contribution in [0.25, 0.3) is 0 Å². The average molecular weight is 150 g/mol. The fourth-order valence-corrected chi connectivity index (χ4v) is 1.49. The molecule has 0 saturated heterocycles. The lowest BCUT2D eigenvalue weighted by Crippen LogP contribution is -1.86. The molecule has 0 amide bonds. The summed E-state index contributed by atoms with van der Waals surface area (Å²) in [5, 5.41) is 3.91. The molecule has 1 aromatic rings. The van der Waals surface area contributed by atoms with Gasteiger partial charge in [0, 0.05) is 16.8 Å². The van der Waals surface area contributed by atoms with E-state index in [-0.39, 0.29) is 0 Å². The zero-order chi connectivity index (χ0) is 6.81. The van der Waals surface area contributed by atoms with Crippen molar-refractivity contribution in [3.8, 4) is 0 Å².